The minimum atomic E-state index is -0.635. The van der Waals surface area contributed by atoms with Gasteiger partial charge < -0.3 is 0 Å². The van der Waals surface area contributed by atoms with E-state index in [1.54, 1.807) is 36.4 Å². The molecule has 5 heteroatoms. The van der Waals surface area contributed by atoms with Crippen LogP contribution in [0.5, 0.6) is 0 Å². The second-order valence-corrected chi connectivity index (χ2v) is 6.07. The molecule has 1 saturated heterocycles. The first-order valence-corrected chi connectivity index (χ1v) is 7.82. The van der Waals surface area contributed by atoms with Crippen LogP contribution in [0.15, 0.2) is 65.7 Å². The van der Waals surface area contributed by atoms with Gasteiger partial charge in [-0.3, -0.25) is 19.3 Å². The van der Waals surface area contributed by atoms with Crippen molar-refractivity contribution < 1.29 is 14.4 Å². The predicted molar refractivity (Wildman–Crippen MR) is 90.1 cm³/mol. The van der Waals surface area contributed by atoms with Crippen molar-refractivity contribution in [1.82, 2.24) is 0 Å². The van der Waals surface area contributed by atoms with E-state index in [4.69, 9.17) is 0 Å². The third-order valence-corrected chi connectivity index (χ3v) is 4.27. The zero-order chi connectivity index (χ0) is 16.4. The first-order chi connectivity index (χ1) is 11.1. The Morgan fingerprint density at radius 1 is 1.00 bits per heavy atom. The number of carbonyl (C=O) groups is 3. The molecule has 3 rings (SSSR count). The number of rotatable bonds is 3. The number of hydrogen-bond acceptors (Lipinski definition) is 4. The minimum absolute atomic E-state index is 0.240. The van der Waals surface area contributed by atoms with Crippen molar-refractivity contribution in [2.75, 3.05) is 4.90 Å². The van der Waals surface area contributed by atoms with Crippen molar-refractivity contribution in [3.05, 3.63) is 76.8 Å². The summed E-state index contributed by atoms with van der Waals surface area (Å²) < 4.78 is 0. The van der Waals surface area contributed by atoms with Crippen LogP contribution in [0.4, 0.5) is 5.69 Å². The molecule has 0 N–H and O–H groups in total. The number of allylic oxidation sites excluding steroid dienone is 1. The molecule has 114 valence electrons. The molecule has 0 unspecified atom stereocenters. The summed E-state index contributed by atoms with van der Waals surface area (Å²) in [7, 11) is 0. The lowest BCUT2D eigenvalue weighted by molar-refractivity contribution is -0.130. The van der Waals surface area contributed by atoms with Gasteiger partial charge in [-0.1, -0.05) is 48.0 Å². The Labute approximate surface area is 137 Å². The summed E-state index contributed by atoms with van der Waals surface area (Å²) in [4.78, 5) is 37.5. The van der Waals surface area contributed by atoms with Gasteiger partial charge in [0.2, 0.25) is 0 Å². The van der Waals surface area contributed by atoms with Crippen LogP contribution in [0.25, 0.3) is 0 Å². The summed E-state index contributed by atoms with van der Waals surface area (Å²) >= 11 is 0.780. The maximum atomic E-state index is 12.4. The molecule has 0 bridgehead atoms. The lowest BCUT2D eigenvalue weighted by Crippen LogP contribution is -2.26. The molecule has 2 aromatic carbocycles. The average Bonchev–Trinajstić information content (AvgIpc) is 2.83. The van der Waals surface area contributed by atoms with E-state index in [0.29, 0.717) is 16.3 Å². The van der Waals surface area contributed by atoms with Crippen LogP contribution in [0, 0.1) is 6.92 Å². The highest BCUT2D eigenvalue weighted by atomic mass is 32.2. The van der Waals surface area contributed by atoms with Gasteiger partial charge >= 0.3 is 5.91 Å². The van der Waals surface area contributed by atoms with Gasteiger partial charge in [-0.2, -0.15) is 0 Å². The number of anilines is 1. The fourth-order valence-electron chi connectivity index (χ4n) is 2.20. The van der Waals surface area contributed by atoms with Gasteiger partial charge in [0, 0.05) is 17.3 Å². The standard InChI is InChI=1S/C18H13NO3S/c1-12-7-9-13(10-8-12)15(20)11-16-19(17(21)18(22)23-16)14-5-3-2-4-6-14/h2-11H,1H3/b16-11+. The predicted octanol–water partition coefficient (Wildman–Crippen LogP) is 3.33. The number of benzene rings is 2. The first-order valence-electron chi connectivity index (χ1n) is 7.00. The Bertz CT molecular complexity index is 810. The van der Waals surface area contributed by atoms with Crippen LogP contribution in [-0.2, 0) is 9.59 Å². The molecule has 0 aromatic heterocycles. The SMILES string of the molecule is Cc1ccc(C(=O)/C=C2/SC(=O)C(=O)N2c2ccccc2)cc1. The summed E-state index contributed by atoms with van der Waals surface area (Å²) in [6.07, 6.45) is 1.34. The van der Waals surface area contributed by atoms with Crippen LogP contribution in [-0.4, -0.2) is 16.8 Å². The smallest absolute Gasteiger partial charge is 0.289 e. The lowest BCUT2D eigenvalue weighted by Gasteiger charge is -2.15. The summed E-state index contributed by atoms with van der Waals surface area (Å²) in [6, 6.07) is 16.0. The number of nitrogens with zero attached hydrogens (tertiary/aromatic N) is 1. The number of thioether (sulfide) groups is 1. The molecule has 1 amide bonds. The van der Waals surface area contributed by atoms with E-state index >= 15 is 0 Å². The second-order valence-electron chi connectivity index (χ2n) is 5.08. The second kappa shape index (κ2) is 6.22. The largest absolute Gasteiger partial charge is 0.310 e. The number of para-hydroxylation sites is 1. The molecule has 0 radical (unpaired) electrons. The van der Waals surface area contributed by atoms with E-state index in [2.05, 4.69) is 0 Å². The Kier molecular flexibility index (Phi) is 4.12. The number of hydrogen-bond donors (Lipinski definition) is 0. The van der Waals surface area contributed by atoms with E-state index in [1.165, 1.54) is 11.0 Å². The zero-order valence-electron chi connectivity index (χ0n) is 12.4. The van der Waals surface area contributed by atoms with E-state index in [0.717, 1.165) is 17.3 Å². The molecule has 0 atom stereocenters. The molecule has 1 heterocycles. The van der Waals surface area contributed by atoms with E-state index in [-0.39, 0.29) is 5.78 Å². The Morgan fingerprint density at radius 3 is 2.30 bits per heavy atom. The average molecular weight is 323 g/mol. The van der Waals surface area contributed by atoms with Crippen molar-refractivity contribution in [3.63, 3.8) is 0 Å². The number of ketones is 1. The summed E-state index contributed by atoms with van der Waals surface area (Å²) in [5, 5.41) is -0.256. The lowest BCUT2D eigenvalue weighted by atomic mass is 10.1. The van der Waals surface area contributed by atoms with Crippen LogP contribution >= 0.6 is 11.8 Å². The van der Waals surface area contributed by atoms with Gasteiger partial charge in [0.25, 0.3) is 5.12 Å². The fraction of sp³-hybridized carbons (Fsp3) is 0.0556. The Balaban J connectivity index is 1.96. The molecule has 1 aliphatic rings. The van der Waals surface area contributed by atoms with Gasteiger partial charge in [0.15, 0.2) is 5.78 Å². The number of aryl methyl sites for hydroxylation is 1. The fourth-order valence-corrected chi connectivity index (χ4v) is 3.02. The van der Waals surface area contributed by atoms with Gasteiger partial charge in [0.05, 0.1) is 5.03 Å². The monoisotopic (exact) mass is 323 g/mol. The maximum Gasteiger partial charge on any atom is 0.310 e. The normalized spacial score (nSPS) is 16.2. The summed E-state index contributed by atoms with van der Waals surface area (Å²) in [5.41, 5.74) is 2.14. The third-order valence-electron chi connectivity index (χ3n) is 3.40. The number of amides is 1. The van der Waals surface area contributed by atoms with Crippen LogP contribution in [0.2, 0.25) is 0 Å². The Hall–Kier alpha value is -2.66. The molecule has 4 nitrogen and oxygen atoms in total. The maximum absolute atomic E-state index is 12.4. The molecule has 2 aromatic rings. The minimum Gasteiger partial charge on any atom is -0.289 e. The molecule has 0 aliphatic carbocycles. The molecule has 1 fully saturated rings. The third kappa shape index (κ3) is 3.10. The molecular formula is C18H13NO3S. The molecule has 1 aliphatic heterocycles. The number of carbonyl (C=O) groups excluding carboxylic acids is 3. The molecular weight excluding hydrogens is 310 g/mol. The van der Waals surface area contributed by atoms with Gasteiger partial charge in [-0.25, -0.2) is 0 Å². The van der Waals surface area contributed by atoms with Crippen LogP contribution < -0.4 is 4.90 Å². The van der Waals surface area contributed by atoms with Crippen molar-refractivity contribution >= 4 is 34.3 Å². The molecule has 0 spiro atoms. The highest BCUT2D eigenvalue weighted by molar-refractivity contribution is 8.19. The Morgan fingerprint density at radius 2 is 1.65 bits per heavy atom. The quantitative estimate of drug-likeness (QED) is 0.494. The van der Waals surface area contributed by atoms with Gasteiger partial charge in [-0.15, -0.1) is 0 Å². The summed E-state index contributed by atoms with van der Waals surface area (Å²) in [5.74, 6) is -0.875. The first kappa shape index (κ1) is 15.2. The zero-order valence-corrected chi connectivity index (χ0v) is 13.2. The van der Waals surface area contributed by atoms with Crippen molar-refractivity contribution in [3.8, 4) is 0 Å². The van der Waals surface area contributed by atoms with Crippen molar-refractivity contribution in [1.29, 1.82) is 0 Å². The van der Waals surface area contributed by atoms with E-state index in [9.17, 15) is 14.4 Å². The van der Waals surface area contributed by atoms with Crippen LogP contribution in [0.1, 0.15) is 15.9 Å². The highest BCUT2D eigenvalue weighted by Crippen LogP contribution is 2.35. The molecule has 0 saturated carbocycles. The van der Waals surface area contributed by atoms with E-state index in [1.807, 2.05) is 25.1 Å². The van der Waals surface area contributed by atoms with Crippen LogP contribution in [0.3, 0.4) is 0 Å². The van der Waals surface area contributed by atoms with Gasteiger partial charge in [-0.05, 0) is 30.8 Å². The van der Waals surface area contributed by atoms with E-state index < -0.39 is 11.0 Å². The van der Waals surface area contributed by atoms with Gasteiger partial charge in [0.1, 0.15) is 0 Å². The van der Waals surface area contributed by atoms with Crippen molar-refractivity contribution in [2.24, 2.45) is 0 Å². The molecule has 23 heavy (non-hydrogen) atoms. The van der Waals surface area contributed by atoms with Crippen molar-refractivity contribution in [2.45, 2.75) is 6.92 Å². The highest BCUT2D eigenvalue weighted by Gasteiger charge is 2.36. The topological polar surface area (TPSA) is 54.5 Å². The summed E-state index contributed by atoms with van der Waals surface area (Å²) in [6.45, 7) is 1.94.